The highest BCUT2D eigenvalue weighted by Crippen LogP contribution is 2.50. The number of amides is 2. The molecule has 0 saturated heterocycles. The molecule has 0 aliphatic heterocycles. The first-order valence-corrected chi connectivity index (χ1v) is 19.4. The van der Waals surface area contributed by atoms with E-state index in [0.29, 0.717) is 29.9 Å². The summed E-state index contributed by atoms with van der Waals surface area (Å²) in [5.74, 6) is -0.364. The summed E-state index contributed by atoms with van der Waals surface area (Å²) in [6, 6.07) is 57.8. The number of rotatable bonds is 14. The highest BCUT2D eigenvalue weighted by molar-refractivity contribution is 7.87. The molecule has 0 bridgehead atoms. The van der Waals surface area contributed by atoms with E-state index in [9.17, 15) is 9.59 Å². The third-order valence-corrected chi connectivity index (χ3v) is 12.6. The van der Waals surface area contributed by atoms with Gasteiger partial charge in [0.1, 0.15) is 6.04 Å². The summed E-state index contributed by atoms with van der Waals surface area (Å²) in [6.45, 7) is 2.61. The SMILES string of the molecule is CCCCNC(=O)C(c1ccccc1N=P(c1ccccc1)(c1ccccc1)c1ccccc1)N(C(=O)CCc1ccccc1)c1ccccc1. The minimum Gasteiger partial charge on any atom is -0.354 e. The second-order valence-corrected chi connectivity index (χ2v) is 15.5. The van der Waals surface area contributed by atoms with E-state index in [4.69, 9.17) is 4.74 Å². The van der Waals surface area contributed by atoms with Crippen LogP contribution < -0.4 is 26.1 Å². The number of anilines is 1. The highest BCUT2D eigenvalue weighted by Gasteiger charge is 2.35. The number of hydrogen-bond acceptors (Lipinski definition) is 3. The Hall–Kier alpha value is -5.51. The zero-order valence-corrected chi connectivity index (χ0v) is 29.9. The number of aryl methyl sites for hydroxylation is 1. The van der Waals surface area contributed by atoms with E-state index in [-0.39, 0.29) is 18.2 Å². The minimum absolute atomic E-state index is 0.134. The molecule has 6 rings (SSSR count). The average Bonchev–Trinajstić information content (AvgIpc) is 3.20. The van der Waals surface area contributed by atoms with Crippen molar-refractivity contribution in [3.8, 4) is 0 Å². The lowest BCUT2D eigenvalue weighted by Gasteiger charge is -2.33. The molecule has 0 aromatic heterocycles. The van der Waals surface area contributed by atoms with Crippen LogP contribution in [0.5, 0.6) is 0 Å². The van der Waals surface area contributed by atoms with E-state index in [1.807, 2.05) is 103 Å². The fourth-order valence-electron chi connectivity index (χ4n) is 6.45. The van der Waals surface area contributed by atoms with Crippen LogP contribution in [0.3, 0.4) is 0 Å². The topological polar surface area (TPSA) is 61.8 Å². The molecular weight excluding hydrogens is 645 g/mol. The quantitative estimate of drug-likeness (QED) is 0.0917. The second kappa shape index (κ2) is 17.4. The Morgan fingerprint density at radius 2 is 1.10 bits per heavy atom. The van der Waals surface area contributed by atoms with Crippen LogP contribution in [-0.2, 0) is 16.0 Å². The first-order chi connectivity index (χ1) is 25.1. The van der Waals surface area contributed by atoms with Crippen LogP contribution in [0, 0.1) is 0 Å². The van der Waals surface area contributed by atoms with Gasteiger partial charge in [0.25, 0.3) is 0 Å². The molecule has 0 radical (unpaired) electrons. The Labute approximate surface area is 302 Å². The van der Waals surface area contributed by atoms with Gasteiger partial charge in [-0.25, -0.2) is 0 Å². The first-order valence-electron chi connectivity index (χ1n) is 17.7. The fourth-order valence-corrected chi connectivity index (χ4v) is 10.0. The average molecular weight is 690 g/mol. The van der Waals surface area contributed by atoms with Crippen LogP contribution in [0.4, 0.5) is 11.4 Å². The number of nitrogens with zero attached hydrogens (tertiary/aromatic N) is 2. The first kappa shape index (κ1) is 35.3. The van der Waals surface area contributed by atoms with E-state index in [1.54, 1.807) is 4.90 Å². The second-order valence-electron chi connectivity index (χ2n) is 12.4. The van der Waals surface area contributed by atoms with Crippen molar-refractivity contribution in [2.75, 3.05) is 11.4 Å². The molecule has 1 unspecified atom stereocenters. The molecular formula is C45H44N3O2P. The van der Waals surface area contributed by atoms with Gasteiger partial charge in [0, 0.05) is 40.1 Å². The molecule has 1 N–H and O–H groups in total. The molecule has 51 heavy (non-hydrogen) atoms. The van der Waals surface area contributed by atoms with Crippen molar-refractivity contribution in [2.24, 2.45) is 4.74 Å². The Morgan fingerprint density at radius 1 is 0.627 bits per heavy atom. The van der Waals surface area contributed by atoms with E-state index in [1.165, 1.54) is 0 Å². The molecule has 0 fully saturated rings. The van der Waals surface area contributed by atoms with Crippen LogP contribution in [0.1, 0.15) is 43.4 Å². The summed E-state index contributed by atoms with van der Waals surface area (Å²) < 4.78 is 5.82. The zero-order chi connectivity index (χ0) is 35.3. The predicted molar refractivity (Wildman–Crippen MR) is 213 cm³/mol. The summed E-state index contributed by atoms with van der Waals surface area (Å²) in [7, 11) is -2.69. The molecule has 6 aromatic rings. The van der Waals surface area contributed by atoms with Crippen molar-refractivity contribution >= 4 is 46.2 Å². The lowest BCUT2D eigenvalue weighted by Crippen LogP contribution is -2.44. The Kier molecular flexibility index (Phi) is 12.1. The molecule has 6 heteroatoms. The van der Waals surface area contributed by atoms with Crippen molar-refractivity contribution in [3.63, 3.8) is 0 Å². The molecule has 0 heterocycles. The monoisotopic (exact) mass is 689 g/mol. The Bertz CT molecular complexity index is 1950. The summed E-state index contributed by atoms with van der Waals surface area (Å²) in [5.41, 5.74) is 3.09. The molecule has 2 amide bonds. The fraction of sp³-hybridized carbons (Fsp3) is 0.156. The Morgan fingerprint density at radius 3 is 1.63 bits per heavy atom. The van der Waals surface area contributed by atoms with Crippen LogP contribution >= 0.6 is 7.05 Å². The number of carbonyl (C=O) groups is 2. The molecule has 5 nitrogen and oxygen atoms in total. The van der Waals surface area contributed by atoms with E-state index < -0.39 is 13.1 Å². The maximum Gasteiger partial charge on any atom is 0.247 e. The predicted octanol–water partition coefficient (Wildman–Crippen LogP) is 9.12. The highest BCUT2D eigenvalue weighted by atomic mass is 31.2. The van der Waals surface area contributed by atoms with Crippen LogP contribution in [0.2, 0.25) is 0 Å². The summed E-state index contributed by atoms with van der Waals surface area (Å²) in [6.07, 6.45) is 2.58. The van der Waals surface area contributed by atoms with E-state index >= 15 is 0 Å². The van der Waals surface area contributed by atoms with Crippen LogP contribution in [0.25, 0.3) is 0 Å². The number of carbonyl (C=O) groups excluding carboxylic acids is 2. The van der Waals surface area contributed by atoms with Gasteiger partial charge < -0.3 is 5.32 Å². The van der Waals surface area contributed by atoms with Gasteiger partial charge in [-0.15, -0.1) is 0 Å². The number of hydrogen-bond donors (Lipinski definition) is 1. The zero-order valence-electron chi connectivity index (χ0n) is 29.0. The van der Waals surface area contributed by atoms with Gasteiger partial charge >= 0.3 is 0 Å². The van der Waals surface area contributed by atoms with Gasteiger partial charge in [0.15, 0.2) is 0 Å². The number of para-hydroxylation sites is 1. The maximum absolute atomic E-state index is 14.6. The molecule has 256 valence electrons. The normalized spacial score (nSPS) is 11.7. The van der Waals surface area contributed by atoms with E-state index in [0.717, 1.165) is 34.3 Å². The number of benzene rings is 6. The van der Waals surface area contributed by atoms with Gasteiger partial charge in [-0.2, -0.15) is 0 Å². The minimum atomic E-state index is -2.69. The van der Waals surface area contributed by atoms with Crippen molar-refractivity contribution in [1.29, 1.82) is 0 Å². The van der Waals surface area contributed by atoms with Gasteiger partial charge in [-0.05, 0) is 36.6 Å². The van der Waals surface area contributed by atoms with Gasteiger partial charge in [0.05, 0.1) is 12.7 Å². The molecule has 0 aliphatic carbocycles. The van der Waals surface area contributed by atoms with Gasteiger partial charge in [-0.3, -0.25) is 19.2 Å². The summed E-state index contributed by atoms with van der Waals surface area (Å²) in [4.78, 5) is 30.8. The number of unbranched alkanes of at least 4 members (excludes halogenated alkanes) is 1. The third kappa shape index (κ3) is 8.28. The van der Waals surface area contributed by atoms with Crippen molar-refractivity contribution in [1.82, 2.24) is 5.32 Å². The van der Waals surface area contributed by atoms with Crippen molar-refractivity contribution in [2.45, 2.75) is 38.6 Å². The maximum atomic E-state index is 14.6. The standard InChI is InChI=1S/C45H44N3O2P/c1-2-3-35-46-45(50)44(48(37-23-11-5-12-24-37)43(49)34-33-36-21-9-4-10-22-36)41-31-19-20-32-42(41)47-51(38-25-13-6-14-26-38,39-27-15-7-16-28-39)40-29-17-8-18-30-40/h4-32,44H,2-3,33-35H2,1H3,(H,46,50). The van der Waals surface area contributed by atoms with Crippen molar-refractivity contribution < 1.29 is 9.59 Å². The largest absolute Gasteiger partial charge is 0.354 e. The summed E-state index contributed by atoms with van der Waals surface area (Å²) >= 11 is 0. The Balaban J connectivity index is 1.59. The molecule has 6 aromatic carbocycles. The molecule has 0 aliphatic rings. The molecule has 1 atom stereocenters. The molecule has 0 spiro atoms. The van der Waals surface area contributed by atoms with Crippen LogP contribution in [0.15, 0.2) is 181 Å². The van der Waals surface area contributed by atoms with Gasteiger partial charge in [0.2, 0.25) is 11.8 Å². The van der Waals surface area contributed by atoms with Crippen molar-refractivity contribution in [3.05, 3.63) is 187 Å². The third-order valence-electron chi connectivity index (χ3n) is 8.99. The summed E-state index contributed by atoms with van der Waals surface area (Å²) in [5, 5.41) is 6.47. The van der Waals surface area contributed by atoms with Crippen LogP contribution in [-0.4, -0.2) is 18.4 Å². The molecule has 0 saturated carbocycles. The van der Waals surface area contributed by atoms with Gasteiger partial charge in [-0.1, -0.05) is 171 Å². The lowest BCUT2D eigenvalue weighted by atomic mass is 10.00. The smallest absolute Gasteiger partial charge is 0.247 e. The lowest BCUT2D eigenvalue weighted by molar-refractivity contribution is -0.126. The number of nitrogens with one attached hydrogen (secondary N) is 1. The van der Waals surface area contributed by atoms with E-state index in [2.05, 4.69) is 85.0 Å².